The normalized spacial score (nSPS) is 12.1. The summed E-state index contributed by atoms with van der Waals surface area (Å²) in [6.45, 7) is 6.76. The van der Waals surface area contributed by atoms with Crippen molar-refractivity contribution in [2.75, 3.05) is 0 Å². The summed E-state index contributed by atoms with van der Waals surface area (Å²) in [5.41, 5.74) is 4.69. The minimum absolute atomic E-state index is 0.0189. The molecule has 0 unspecified atom stereocenters. The van der Waals surface area contributed by atoms with Gasteiger partial charge in [-0.2, -0.15) is 13.7 Å². The Bertz CT molecular complexity index is 1910. The number of nitriles is 1. The maximum absolute atomic E-state index is 13.9. The molecule has 5 rings (SSSR count). The third kappa shape index (κ3) is 4.19. The number of nitrogens with one attached hydrogen (secondary N) is 1. The Hall–Kier alpha value is -3.96. The van der Waals surface area contributed by atoms with E-state index in [1.165, 1.54) is 18.2 Å². The van der Waals surface area contributed by atoms with Gasteiger partial charge in [0.15, 0.2) is 5.43 Å². The van der Waals surface area contributed by atoms with Crippen LogP contribution in [0.25, 0.3) is 44.0 Å². The van der Waals surface area contributed by atoms with Crippen LogP contribution in [0.5, 0.6) is 0 Å². The zero-order chi connectivity index (χ0) is 26.5. The van der Waals surface area contributed by atoms with Crippen molar-refractivity contribution >= 4 is 43.1 Å². The van der Waals surface area contributed by atoms with E-state index in [1.807, 2.05) is 32.0 Å². The molecule has 6 nitrogen and oxygen atoms in total. The summed E-state index contributed by atoms with van der Waals surface area (Å²) in [4.78, 5) is 16.9. The third-order valence-corrected chi connectivity index (χ3v) is 7.71. The first-order valence-corrected chi connectivity index (χ1v) is 13.6. The summed E-state index contributed by atoms with van der Waals surface area (Å²) in [6, 6.07) is 17.1. The molecule has 0 amide bonds. The number of pyridine rings is 1. The second kappa shape index (κ2) is 9.16. The van der Waals surface area contributed by atoms with Crippen molar-refractivity contribution in [2.45, 2.75) is 51.0 Å². The van der Waals surface area contributed by atoms with Crippen molar-refractivity contribution in [3.05, 3.63) is 75.9 Å². The number of hydrogen-bond donors (Lipinski definition) is 1. The SMILES string of the molecule is CCCCn1c2cc(-c3cccc(S(=O)(=O)F)c3)c(C(C)C)cc2c(=O)c2c3ccc(C#N)cc3[nH]c21. The molecule has 5 aromatic rings. The number of nitrogens with zero attached hydrogens (tertiary/aromatic N) is 2. The standard InChI is InChI=1S/C29H26FN3O3S/c1-4-5-11-33-26-15-23(19-7-6-8-20(13-19)37(30,35)36)22(17(2)3)14-24(26)28(34)27-21-10-9-18(16-31)12-25(21)32-29(27)33/h6-10,12-15,17,32H,4-5,11H2,1-3H3. The summed E-state index contributed by atoms with van der Waals surface area (Å²) < 4.78 is 39.1. The van der Waals surface area contributed by atoms with Crippen molar-refractivity contribution in [3.8, 4) is 17.2 Å². The van der Waals surface area contributed by atoms with Crippen LogP contribution in [0.2, 0.25) is 0 Å². The van der Waals surface area contributed by atoms with Crippen LogP contribution in [-0.4, -0.2) is 18.0 Å². The highest BCUT2D eigenvalue weighted by Gasteiger charge is 2.21. The largest absolute Gasteiger partial charge is 0.340 e. The van der Waals surface area contributed by atoms with Gasteiger partial charge in [0.2, 0.25) is 0 Å². The van der Waals surface area contributed by atoms with Gasteiger partial charge in [-0.05, 0) is 65.4 Å². The Kier molecular flexibility index (Phi) is 6.12. The molecule has 2 heterocycles. The number of halogens is 1. The van der Waals surface area contributed by atoms with Gasteiger partial charge < -0.3 is 9.55 Å². The second-order valence-electron chi connectivity index (χ2n) is 9.63. The van der Waals surface area contributed by atoms with Crippen molar-refractivity contribution in [1.29, 1.82) is 5.26 Å². The Morgan fingerprint density at radius 2 is 1.86 bits per heavy atom. The van der Waals surface area contributed by atoms with Gasteiger partial charge in [-0.25, -0.2) is 0 Å². The predicted molar refractivity (Wildman–Crippen MR) is 145 cm³/mol. The Balaban J connectivity index is 1.92. The number of fused-ring (bicyclic) bond motifs is 4. The second-order valence-corrected chi connectivity index (χ2v) is 11.0. The van der Waals surface area contributed by atoms with Crippen molar-refractivity contribution in [3.63, 3.8) is 0 Å². The highest BCUT2D eigenvalue weighted by atomic mass is 32.3. The number of aromatic nitrogens is 2. The topological polar surface area (TPSA) is 95.7 Å². The van der Waals surface area contributed by atoms with E-state index in [-0.39, 0.29) is 11.3 Å². The minimum atomic E-state index is -4.87. The lowest BCUT2D eigenvalue weighted by atomic mass is 9.90. The van der Waals surface area contributed by atoms with Gasteiger partial charge in [0.1, 0.15) is 5.65 Å². The van der Waals surface area contributed by atoms with Crippen LogP contribution in [-0.2, 0) is 16.8 Å². The monoisotopic (exact) mass is 515 g/mol. The van der Waals surface area contributed by atoms with Crippen molar-refractivity contribution in [1.82, 2.24) is 9.55 Å². The summed E-state index contributed by atoms with van der Waals surface area (Å²) in [6.07, 6.45) is 1.82. The molecule has 0 bridgehead atoms. The van der Waals surface area contributed by atoms with Gasteiger partial charge in [-0.3, -0.25) is 4.79 Å². The molecule has 0 aliphatic heterocycles. The molecule has 0 saturated heterocycles. The molecule has 1 N–H and O–H groups in total. The number of benzene rings is 3. The molecule has 3 aromatic carbocycles. The van der Waals surface area contributed by atoms with Gasteiger partial charge in [0, 0.05) is 22.8 Å². The van der Waals surface area contributed by atoms with E-state index < -0.39 is 15.1 Å². The van der Waals surface area contributed by atoms with Gasteiger partial charge in [-0.1, -0.05) is 45.4 Å². The van der Waals surface area contributed by atoms with Crippen LogP contribution in [0.1, 0.15) is 50.7 Å². The average Bonchev–Trinajstić information content (AvgIpc) is 3.26. The number of rotatable bonds is 6. The van der Waals surface area contributed by atoms with Crippen LogP contribution >= 0.6 is 0 Å². The molecule has 0 saturated carbocycles. The zero-order valence-electron chi connectivity index (χ0n) is 20.8. The van der Waals surface area contributed by atoms with Crippen LogP contribution in [0, 0.1) is 11.3 Å². The van der Waals surface area contributed by atoms with Crippen molar-refractivity contribution in [2.24, 2.45) is 0 Å². The summed E-state index contributed by atoms with van der Waals surface area (Å²) in [5.74, 6) is 0.0189. The zero-order valence-corrected chi connectivity index (χ0v) is 21.6. The fourth-order valence-electron chi connectivity index (χ4n) is 5.04. The number of aryl methyl sites for hydroxylation is 1. The Morgan fingerprint density at radius 1 is 1.08 bits per heavy atom. The lowest BCUT2D eigenvalue weighted by Gasteiger charge is -2.19. The van der Waals surface area contributed by atoms with Crippen LogP contribution in [0.4, 0.5) is 3.89 Å². The Labute approximate surface area is 214 Å². The fraction of sp³-hybridized carbons (Fsp3) is 0.241. The van der Waals surface area contributed by atoms with E-state index in [9.17, 15) is 22.4 Å². The summed E-state index contributed by atoms with van der Waals surface area (Å²) in [7, 11) is -4.87. The van der Waals surface area contributed by atoms with Gasteiger partial charge in [0.05, 0.1) is 27.4 Å². The van der Waals surface area contributed by atoms with Gasteiger partial charge in [0.25, 0.3) is 0 Å². The number of unbranched alkanes of at least 4 members (excludes halogenated alkanes) is 1. The molecule has 37 heavy (non-hydrogen) atoms. The average molecular weight is 516 g/mol. The molecule has 188 valence electrons. The first kappa shape index (κ1) is 24.7. The number of hydrogen-bond acceptors (Lipinski definition) is 4. The predicted octanol–water partition coefficient (Wildman–Crippen LogP) is 6.76. The molecule has 2 aromatic heterocycles. The van der Waals surface area contributed by atoms with Crippen LogP contribution in [0.15, 0.2) is 64.3 Å². The molecule has 0 fully saturated rings. The van der Waals surface area contributed by atoms with E-state index in [1.54, 1.807) is 18.2 Å². The first-order chi connectivity index (χ1) is 17.6. The molecule has 0 aliphatic rings. The molecular formula is C29H26FN3O3S. The maximum atomic E-state index is 13.9. The van der Waals surface area contributed by atoms with Crippen molar-refractivity contribution < 1.29 is 12.3 Å². The Morgan fingerprint density at radius 3 is 2.54 bits per heavy atom. The van der Waals surface area contributed by atoms with Crippen LogP contribution in [0.3, 0.4) is 0 Å². The van der Waals surface area contributed by atoms with E-state index in [0.717, 1.165) is 34.9 Å². The number of aromatic amines is 1. The maximum Gasteiger partial charge on any atom is 0.332 e. The fourth-order valence-corrected chi connectivity index (χ4v) is 5.55. The highest BCUT2D eigenvalue weighted by molar-refractivity contribution is 7.86. The van der Waals surface area contributed by atoms with Gasteiger partial charge >= 0.3 is 10.2 Å². The summed E-state index contributed by atoms with van der Waals surface area (Å²) in [5, 5.41) is 11.3. The van der Waals surface area contributed by atoms with E-state index in [0.29, 0.717) is 39.6 Å². The molecule has 0 spiro atoms. The van der Waals surface area contributed by atoms with E-state index in [4.69, 9.17) is 0 Å². The number of H-pyrrole nitrogens is 1. The smallest absolute Gasteiger partial charge is 0.332 e. The van der Waals surface area contributed by atoms with Gasteiger partial charge in [-0.15, -0.1) is 3.89 Å². The lowest BCUT2D eigenvalue weighted by Crippen LogP contribution is -2.12. The van der Waals surface area contributed by atoms with E-state index >= 15 is 0 Å². The molecule has 0 aliphatic carbocycles. The minimum Gasteiger partial charge on any atom is -0.340 e. The molecule has 0 atom stereocenters. The lowest BCUT2D eigenvalue weighted by molar-refractivity contribution is 0.552. The third-order valence-electron chi connectivity index (χ3n) is 6.89. The molecule has 8 heteroatoms. The quantitative estimate of drug-likeness (QED) is 0.253. The highest BCUT2D eigenvalue weighted by Crippen LogP contribution is 2.36. The first-order valence-electron chi connectivity index (χ1n) is 12.2. The van der Waals surface area contributed by atoms with E-state index in [2.05, 4.69) is 22.5 Å². The molecule has 0 radical (unpaired) electrons. The van der Waals surface area contributed by atoms with Crippen LogP contribution < -0.4 is 5.43 Å². The summed E-state index contributed by atoms with van der Waals surface area (Å²) >= 11 is 0. The molecular weight excluding hydrogens is 489 g/mol.